The van der Waals surface area contributed by atoms with Crippen LogP contribution < -0.4 is 10.1 Å². The predicted octanol–water partition coefficient (Wildman–Crippen LogP) is 1.68. The van der Waals surface area contributed by atoms with Crippen LogP contribution in [-0.4, -0.2) is 32.6 Å². The number of thiophene rings is 1. The van der Waals surface area contributed by atoms with E-state index in [2.05, 4.69) is 10.1 Å². The molecule has 1 aromatic heterocycles. The van der Waals surface area contributed by atoms with E-state index in [-0.39, 0.29) is 0 Å². The number of hydrazine groups is 1. The topological polar surface area (TPSA) is 61.4 Å². The van der Waals surface area contributed by atoms with Crippen molar-refractivity contribution < 1.29 is 8.42 Å². The lowest BCUT2D eigenvalue weighted by Gasteiger charge is -2.26. The highest BCUT2D eigenvalue weighted by Gasteiger charge is 2.23. The average Bonchev–Trinajstić information content (AvgIpc) is 3.13. The first-order valence-corrected chi connectivity index (χ1v) is 9.58. The molecule has 1 aromatic rings. The Labute approximate surface area is 124 Å². The normalized spacial score (nSPS) is 21.2. The van der Waals surface area contributed by atoms with Crippen molar-refractivity contribution in [3.8, 4) is 0 Å². The highest BCUT2D eigenvalue weighted by molar-refractivity contribution is 7.91. The summed E-state index contributed by atoms with van der Waals surface area (Å²) in [6.07, 6.45) is 5.79. The third-order valence-corrected chi connectivity index (χ3v) is 6.54. The van der Waals surface area contributed by atoms with Crippen molar-refractivity contribution in [2.24, 2.45) is 0 Å². The lowest BCUT2D eigenvalue weighted by molar-refractivity contribution is 0.200. The van der Waals surface area contributed by atoms with Crippen LogP contribution in [-0.2, 0) is 16.6 Å². The zero-order valence-corrected chi connectivity index (χ0v) is 13.1. The first-order valence-electron chi connectivity index (χ1n) is 7.22. The molecule has 0 spiro atoms. The maximum atomic E-state index is 12.3. The Kier molecular flexibility index (Phi) is 4.42. The van der Waals surface area contributed by atoms with E-state index in [1.165, 1.54) is 30.6 Å². The van der Waals surface area contributed by atoms with E-state index in [0.29, 0.717) is 10.3 Å². The van der Waals surface area contributed by atoms with Crippen LogP contribution in [0.5, 0.6) is 0 Å². The predicted molar refractivity (Wildman–Crippen MR) is 79.9 cm³/mol. The van der Waals surface area contributed by atoms with Gasteiger partial charge in [-0.3, -0.25) is 0 Å². The minimum atomic E-state index is -3.40. The number of nitrogens with one attached hydrogen (secondary N) is 2. The second-order valence-corrected chi connectivity index (χ2v) is 8.37. The van der Waals surface area contributed by atoms with Gasteiger partial charge in [0.2, 0.25) is 0 Å². The molecule has 0 unspecified atom stereocenters. The van der Waals surface area contributed by atoms with Crippen molar-refractivity contribution in [2.45, 2.75) is 48.9 Å². The van der Waals surface area contributed by atoms with Crippen molar-refractivity contribution in [1.82, 2.24) is 15.2 Å². The van der Waals surface area contributed by atoms with Gasteiger partial charge in [-0.25, -0.2) is 13.4 Å². The van der Waals surface area contributed by atoms with Crippen LogP contribution in [0.3, 0.4) is 0 Å². The maximum Gasteiger partial charge on any atom is 0.262 e. The Balaban J connectivity index is 1.60. The van der Waals surface area contributed by atoms with Gasteiger partial charge in [0, 0.05) is 25.7 Å². The quantitative estimate of drug-likeness (QED) is 0.838. The van der Waals surface area contributed by atoms with E-state index in [1.807, 2.05) is 10.4 Å². The molecule has 0 amide bonds. The molecule has 20 heavy (non-hydrogen) atoms. The molecular weight excluding hydrogens is 294 g/mol. The van der Waals surface area contributed by atoms with Crippen LogP contribution in [0.25, 0.3) is 0 Å². The van der Waals surface area contributed by atoms with Gasteiger partial charge in [0.15, 0.2) is 0 Å². The molecule has 112 valence electrons. The van der Waals surface area contributed by atoms with Gasteiger partial charge < -0.3 is 5.32 Å². The summed E-state index contributed by atoms with van der Waals surface area (Å²) in [5.74, 6) is 0. The fourth-order valence-corrected chi connectivity index (χ4v) is 4.66. The van der Waals surface area contributed by atoms with Crippen LogP contribution in [0.1, 0.15) is 37.7 Å². The van der Waals surface area contributed by atoms with Crippen LogP contribution >= 0.6 is 11.3 Å². The van der Waals surface area contributed by atoms with Gasteiger partial charge in [0.25, 0.3) is 10.0 Å². The molecule has 1 aliphatic carbocycles. The van der Waals surface area contributed by atoms with Crippen molar-refractivity contribution >= 4 is 21.4 Å². The fourth-order valence-electron chi connectivity index (χ4n) is 2.34. The largest absolute Gasteiger partial charge is 0.310 e. The van der Waals surface area contributed by atoms with Gasteiger partial charge in [-0.15, -0.1) is 16.2 Å². The molecular formula is C13H21N3O2S2. The minimum absolute atomic E-state index is 0.413. The SMILES string of the molecule is O=S(=O)(NN1CCCCC1)c1cc(CNC2CC2)cs1. The number of nitrogens with zero attached hydrogens (tertiary/aromatic N) is 1. The van der Waals surface area contributed by atoms with Gasteiger partial charge in [0.1, 0.15) is 4.21 Å². The van der Waals surface area contributed by atoms with Gasteiger partial charge in [-0.05, 0) is 42.7 Å². The first-order chi connectivity index (χ1) is 9.63. The summed E-state index contributed by atoms with van der Waals surface area (Å²) < 4.78 is 25.0. The van der Waals surface area contributed by atoms with Crippen molar-refractivity contribution in [2.75, 3.05) is 13.1 Å². The molecule has 0 atom stereocenters. The average molecular weight is 315 g/mol. The summed E-state index contributed by atoms with van der Waals surface area (Å²) in [4.78, 5) is 2.70. The van der Waals surface area contributed by atoms with Crippen molar-refractivity contribution in [3.05, 3.63) is 17.0 Å². The molecule has 0 aromatic carbocycles. The van der Waals surface area contributed by atoms with E-state index in [9.17, 15) is 8.42 Å². The Morgan fingerprint density at radius 3 is 2.70 bits per heavy atom. The molecule has 0 bridgehead atoms. The van der Waals surface area contributed by atoms with Crippen LogP contribution in [0, 0.1) is 0 Å². The Bertz CT molecular complexity index is 546. The molecule has 2 heterocycles. The van der Waals surface area contributed by atoms with Crippen LogP contribution in [0.4, 0.5) is 0 Å². The van der Waals surface area contributed by atoms with Gasteiger partial charge >= 0.3 is 0 Å². The molecule has 2 fully saturated rings. The lowest BCUT2D eigenvalue weighted by Crippen LogP contribution is -2.44. The van der Waals surface area contributed by atoms with Gasteiger partial charge in [0.05, 0.1) is 0 Å². The third-order valence-electron chi connectivity index (χ3n) is 3.67. The van der Waals surface area contributed by atoms with Crippen molar-refractivity contribution in [3.63, 3.8) is 0 Å². The summed E-state index contributed by atoms with van der Waals surface area (Å²) in [7, 11) is -3.40. The van der Waals surface area contributed by atoms with E-state index in [1.54, 1.807) is 6.07 Å². The second kappa shape index (κ2) is 6.11. The molecule has 1 saturated heterocycles. The zero-order chi connectivity index (χ0) is 14.0. The fraction of sp³-hybridized carbons (Fsp3) is 0.692. The molecule has 0 radical (unpaired) electrons. The maximum absolute atomic E-state index is 12.3. The Morgan fingerprint density at radius 1 is 1.25 bits per heavy atom. The molecule has 2 aliphatic rings. The number of hydrogen-bond donors (Lipinski definition) is 2. The second-order valence-electron chi connectivity index (χ2n) is 5.57. The Morgan fingerprint density at radius 2 is 2.00 bits per heavy atom. The van der Waals surface area contributed by atoms with Crippen LogP contribution in [0.15, 0.2) is 15.7 Å². The van der Waals surface area contributed by atoms with E-state index >= 15 is 0 Å². The number of hydrogen-bond acceptors (Lipinski definition) is 5. The summed E-state index contributed by atoms with van der Waals surface area (Å²) >= 11 is 1.30. The summed E-state index contributed by atoms with van der Waals surface area (Å²) in [5.41, 5.74) is 1.06. The molecule has 7 heteroatoms. The highest BCUT2D eigenvalue weighted by Crippen LogP contribution is 2.23. The smallest absolute Gasteiger partial charge is 0.262 e. The van der Waals surface area contributed by atoms with Gasteiger partial charge in [-0.2, -0.15) is 0 Å². The van der Waals surface area contributed by atoms with E-state index in [0.717, 1.165) is 38.0 Å². The number of rotatable bonds is 6. The number of sulfonamides is 1. The standard InChI is InChI=1S/C13H21N3O2S2/c17-20(18,15-16-6-2-1-3-7-16)13-8-11(10-19-13)9-14-12-4-5-12/h8,10,12,14-15H,1-7,9H2. The van der Waals surface area contributed by atoms with Gasteiger partial charge in [-0.1, -0.05) is 6.42 Å². The molecule has 5 nitrogen and oxygen atoms in total. The molecule has 1 aliphatic heterocycles. The minimum Gasteiger partial charge on any atom is -0.310 e. The van der Waals surface area contributed by atoms with E-state index < -0.39 is 10.0 Å². The zero-order valence-electron chi connectivity index (χ0n) is 11.5. The summed E-state index contributed by atoms with van der Waals surface area (Å²) in [6, 6.07) is 2.42. The first kappa shape index (κ1) is 14.5. The lowest BCUT2D eigenvalue weighted by atomic mass is 10.2. The van der Waals surface area contributed by atoms with E-state index in [4.69, 9.17) is 0 Å². The molecule has 1 saturated carbocycles. The Hall–Kier alpha value is -0.470. The number of piperidine rings is 1. The molecule has 2 N–H and O–H groups in total. The third kappa shape index (κ3) is 3.79. The summed E-state index contributed by atoms with van der Waals surface area (Å²) in [6.45, 7) is 2.38. The van der Waals surface area contributed by atoms with Crippen molar-refractivity contribution in [1.29, 1.82) is 0 Å². The summed E-state index contributed by atoms with van der Waals surface area (Å²) in [5, 5.41) is 7.15. The highest BCUT2D eigenvalue weighted by atomic mass is 32.2. The molecule has 3 rings (SSSR count). The van der Waals surface area contributed by atoms with Crippen LogP contribution in [0.2, 0.25) is 0 Å². The monoisotopic (exact) mass is 315 g/mol.